The first-order valence-electron chi connectivity index (χ1n) is 4.90. The molecular weight excluding hydrogens is 170 g/mol. The zero-order valence-electron chi connectivity index (χ0n) is 8.16. The highest BCUT2D eigenvalue weighted by Crippen LogP contribution is 2.05. The Morgan fingerprint density at radius 3 is 3.00 bits per heavy atom. The summed E-state index contributed by atoms with van der Waals surface area (Å²) in [6.45, 7) is 4.24. The molecule has 1 rings (SSSR count). The minimum absolute atomic E-state index is 0.194. The van der Waals surface area contributed by atoms with Crippen LogP contribution in [0.2, 0.25) is 0 Å². The molecule has 0 aliphatic carbocycles. The average Bonchev–Trinajstić information content (AvgIpc) is 2.21. The molecule has 2 N–H and O–H groups in total. The monoisotopic (exact) mass is 189 g/mol. The Bertz CT molecular complexity index is 122. The number of hydrogen-bond donors (Lipinski definition) is 2. The SMILES string of the molecule is CCC(CO)NCC1CCOCO1. The third-order valence-electron chi connectivity index (χ3n) is 2.32. The van der Waals surface area contributed by atoms with Gasteiger partial charge in [0.2, 0.25) is 0 Å². The second kappa shape index (κ2) is 6.32. The molecule has 0 saturated carbocycles. The van der Waals surface area contributed by atoms with Crippen LogP contribution < -0.4 is 5.32 Å². The first-order chi connectivity index (χ1) is 6.36. The smallest absolute Gasteiger partial charge is 0.147 e. The summed E-state index contributed by atoms with van der Waals surface area (Å²) in [5.74, 6) is 0. The van der Waals surface area contributed by atoms with Crippen LogP contribution in [-0.4, -0.2) is 43.8 Å². The quantitative estimate of drug-likeness (QED) is 0.644. The molecule has 1 aliphatic heterocycles. The van der Waals surface area contributed by atoms with Crippen molar-refractivity contribution in [2.75, 3.05) is 26.6 Å². The molecule has 0 spiro atoms. The fourth-order valence-electron chi connectivity index (χ4n) is 1.30. The average molecular weight is 189 g/mol. The molecule has 0 aromatic rings. The summed E-state index contributed by atoms with van der Waals surface area (Å²) < 4.78 is 10.4. The number of aliphatic hydroxyl groups excluding tert-OH is 1. The van der Waals surface area contributed by atoms with E-state index in [1.165, 1.54) is 0 Å². The second-order valence-electron chi connectivity index (χ2n) is 3.30. The van der Waals surface area contributed by atoms with Gasteiger partial charge in [0.1, 0.15) is 6.79 Å². The maximum absolute atomic E-state index is 8.93. The van der Waals surface area contributed by atoms with Gasteiger partial charge in [-0.1, -0.05) is 6.92 Å². The lowest BCUT2D eigenvalue weighted by atomic mass is 10.2. The van der Waals surface area contributed by atoms with Gasteiger partial charge in [0.15, 0.2) is 0 Å². The first kappa shape index (κ1) is 10.9. The van der Waals surface area contributed by atoms with Gasteiger partial charge >= 0.3 is 0 Å². The van der Waals surface area contributed by atoms with Crippen molar-refractivity contribution in [3.05, 3.63) is 0 Å². The molecule has 13 heavy (non-hydrogen) atoms. The summed E-state index contributed by atoms with van der Waals surface area (Å²) in [6.07, 6.45) is 2.13. The summed E-state index contributed by atoms with van der Waals surface area (Å²) in [4.78, 5) is 0. The van der Waals surface area contributed by atoms with Gasteiger partial charge < -0.3 is 19.9 Å². The van der Waals surface area contributed by atoms with Gasteiger partial charge in [0, 0.05) is 12.6 Å². The van der Waals surface area contributed by atoms with Gasteiger partial charge in [-0.15, -0.1) is 0 Å². The fraction of sp³-hybridized carbons (Fsp3) is 1.00. The number of hydrogen-bond acceptors (Lipinski definition) is 4. The topological polar surface area (TPSA) is 50.7 Å². The molecule has 78 valence electrons. The van der Waals surface area contributed by atoms with E-state index in [1.807, 2.05) is 0 Å². The van der Waals surface area contributed by atoms with Crippen LogP contribution in [0.25, 0.3) is 0 Å². The molecule has 2 unspecified atom stereocenters. The van der Waals surface area contributed by atoms with Crippen LogP contribution in [0.5, 0.6) is 0 Å². The molecule has 4 nitrogen and oxygen atoms in total. The summed E-state index contributed by atoms with van der Waals surface area (Å²) in [7, 11) is 0. The molecule has 1 fully saturated rings. The van der Waals surface area contributed by atoms with Gasteiger partial charge in [0.25, 0.3) is 0 Å². The van der Waals surface area contributed by atoms with E-state index < -0.39 is 0 Å². The minimum atomic E-state index is 0.194. The molecule has 1 saturated heterocycles. The van der Waals surface area contributed by atoms with E-state index >= 15 is 0 Å². The van der Waals surface area contributed by atoms with Crippen LogP contribution in [0.3, 0.4) is 0 Å². The maximum atomic E-state index is 8.93. The van der Waals surface area contributed by atoms with Crippen LogP contribution in [0.1, 0.15) is 19.8 Å². The Morgan fingerprint density at radius 1 is 1.62 bits per heavy atom. The first-order valence-corrected chi connectivity index (χ1v) is 4.90. The van der Waals surface area contributed by atoms with Crippen LogP contribution in [0, 0.1) is 0 Å². The standard InChI is InChI=1S/C9H19NO3/c1-2-8(6-11)10-5-9-3-4-12-7-13-9/h8-11H,2-7H2,1H3. The predicted molar refractivity (Wildman–Crippen MR) is 49.5 cm³/mol. The highest BCUT2D eigenvalue weighted by Gasteiger charge is 2.15. The van der Waals surface area contributed by atoms with Crippen molar-refractivity contribution < 1.29 is 14.6 Å². The van der Waals surface area contributed by atoms with E-state index in [0.29, 0.717) is 6.79 Å². The molecule has 1 aliphatic rings. The fourth-order valence-corrected chi connectivity index (χ4v) is 1.30. The molecular formula is C9H19NO3. The van der Waals surface area contributed by atoms with Gasteiger partial charge in [-0.05, 0) is 12.8 Å². The molecule has 0 bridgehead atoms. The van der Waals surface area contributed by atoms with Crippen LogP contribution in [-0.2, 0) is 9.47 Å². The largest absolute Gasteiger partial charge is 0.395 e. The van der Waals surface area contributed by atoms with E-state index in [-0.39, 0.29) is 18.8 Å². The highest BCUT2D eigenvalue weighted by molar-refractivity contribution is 4.69. The summed E-state index contributed by atoms with van der Waals surface area (Å²) >= 11 is 0. The van der Waals surface area contributed by atoms with Crippen molar-refractivity contribution in [3.8, 4) is 0 Å². The number of aliphatic hydroxyl groups is 1. The third-order valence-corrected chi connectivity index (χ3v) is 2.32. The normalized spacial score (nSPS) is 25.8. The van der Waals surface area contributed by atoms with E-state index in [1.54, 1.807) is 0 Å². The van der Waals surface area contributed by atoms with Crippen LogP contribution in [0.15, 0.2) is 0 Å². The van der Waals surface area contributed by atoms with Crippen molar-refractivity contribution in [1.82, 2.24) is 5.32 Å². The van der Waals surface area contributed by atoms with Gasteiger partial charge in [0.05, 0.1) is 19.3 Å². The van der Waals surface area contributed by atoms with E-state index in [2.05, 4.69) is 12.2 Å². The van der Waals surface area contributed by atoms with Crippen molar-refractivity contribution >= 4 is 0 Å². The minimum Gasteiger partial charge on any atom is -0.395 e. The number of ether oxygens (including phenoxy) is 2. The summed E-state index contributed by atoms with van der Waals surface area (Å²) in [5, 5.41) is 12.2. The lowest BCUT2D eigenvalue weighted by Gasteiger charge is -2.25. The van der Waals surface area contributed by atoms with Crippen molar-refractivity contribution in [3.63, 3.8) is 0 Å². The van der Waals surface area contributed by atoms with Crippen molar-refractivity contribution in [1.29, 1.82) is 0 Å². The lowest BCUT2D eigenvalue weighted by Crippen LogP contribution is -2.40. The van der Waals surface area contributed by atoms with E-state index in [0.717, 1.165) is 26.0 Å². The Morgan fingerprint density at radius 2 is 2.46 bits per heavy atom. The van der Waals surface area contributed by atoms with E-state index in [4.69, 9.17) is 14.6 Å². The molecule has 4 heteroatoms. The molecule has 0 aromatic carbocycles. The van der Waals surface area contributed by atoms with Gasteiger partial charge in [-0.25, -0.2) is 0 Å². The second-order valence-corrected chi connectivity index (χ2v) is 3.30. The highest BCUT2D eigenvalue weighted by atomic mass is 16.7. The summed E-state index contributed by atoms with van der Waals surface area (Å²) in [5.41, 5.74) is 0. The Kier molecular flexibility index (Phi) is 5.31. The Balaban J connectivity index is 2.09. The summed E-state index contributed by atoms with van der Waals surface area (Å²) in [6, 6.07) is 0.200. The van der Waals surface area contributed by atoms with Crippen molar-refractivity contribution in [2.45, 2.75) is 31.9 Å². The van der Waals surface area contributed by atoms with Crippen molar-refractivity contribution in [2.24, 2.45) is 0 Å². The molecule has 1 heterocycles. The molecule has 0 radical (unpaired) electrons. The van der Waals surface area contributed by atoms with E-state index in [9.17, 15) is 0 Å². The molecule has 0 aromatic heterocycles. The number of rotatable bonds is 5. The molecule has 0 amide bonds. The Labute approximate surface area is 79.2 Å². The van der Waals surface area contributed by atoms with Crippen LogP contribution in [0.4, 0.5) is 0 Å². The van der Waals surface area contributed by atoms with Gasteiger partial charge in [-0.2, -0.15) is 0 Å². The zero-order valence-corrected chi connectivity index (χ0v) is 8.16. The lowest BCUT2D eigenvalue weighted by molar-refractivity contribution is -0.137. The molecule has 2 atom stereocenters. The zero-order chi connectivity index (χ0) is 9.52. The maximum Gasteiger partial charge on any atom is 0.147 e. The third kappa shape index (κ3) is 4.04. The predicted octanol–water partition coefficient (Wildman–Crippen LogP) is 0.110. The van der Waals surface area contributed by atoms with Gasteiger partial charge in [-0.3, -0.25) is 0 Å². The van der Waals surface area contributed by atoms with Crippen LogP contribution >= 0.6 is 0 Å². The Hall–Kier alpha value is -0.160. The number of nitrogens with one attached hydrogen (secondary N) is 1.